The summed E-state index contributed by atoms with van der Waals surface area (Å²) in [6.45, 7) is 7.44. The van der Waals surface area contributed by atoms with Gasteiger partial charge < -0.3 is 9.64 Å². The Balaban J connectivity index is 2.07. The van der Waals surface area contributed by atoms with E-state index in [1.54, 1.807) is 0 Å². The van der Waals surface area contributed by atoms with Gasteiger partial charge in [0.25, 0.3) is 0 Å². The predicted molar refractivity (Wildman–Crippen MR) is 90.0 cm³/mol. The lowest BCUT2D eigenvalue weighted by atomic mass is 9.86. The molecule has 1 aliphatic rings. The summed E-state index contributed by atoms with van der Waals surface area (Å²) in [5.41, 5.74) is 3.45. The number of rotatable bonds is 6. The van der Waals surface area contributed by atoms with Gasteiger partial charge in [-0.3, -0.25) is 0 Å². The average molecular weight is 302 g/mol. The summed E-state index contributed by atoms with van der Waals surface area (Å²) in [6.07, 6.45) is 5.45. The van der Waals surface area contributed by atoms with Crippen molar-refractivity contribution in [2.75, 3.05) is 20.2 Å². The van der Waals surface area contributed by atoms with Crippen molar-refractivity contribution in [1.29, 1.82) is 0 Å². The van der Waals surface area contributed by atoms with Crippen LogP contribution in [0.1, 0.15) is 47.7 Å². The summed E-state index contributed by atoms with van der Waals surface area (Å²) in [6, 6.07) is 3.84. The molecule has 22 heavy (non-hydrogen) atoms. The van der Waals surface area contributed by atoms with Crippen LogP contribution in [0.2, 0.25) is 0 Å². The highest BCUT2D eigenvalue weighted by molar-refractivity contribution is 5.92. The van der Waals surface area contributed by atoms with Crippen LogP contribution in [-0.4, -0.2) is 37.4 Å². The Hall–Kier alpha value is -1.84. The molecule has 2 rings (SSSR count). The number of benzene rings is 1. The van der Waals surface area contributed by atoms with E-state index >= 15 is 0 Å². The third kappa shape index (κ3) is 4.09. The number of nitrogens with zero attached hydrogens (tertiary/aromatic N) is 2. The molecule has 1 fully saturated rings. The molecule has 0 saturated heterocycles. The maximum absolute atomic E-state index is 12.2. The molecule has 0 aliphatic heterocycles. The van der Waals surface area contributed by atoms with E-state index < -0.39 is 0 Å². The zero-order valence-corrected chi connectivity index (χ0v) is 14.1. The normalized spacial score (nSPS) is 14.9. The predicted octanol–water partition coefficient (Wildman–Crippen LogP) is 3.87. The lowest BCUT2D eigenvalue weighted by Gasteiger charge is -2.24. The highest BCUT2D eigenvalue weighted by Crippen LogP contribution is 2.27. The van der Waals surface area contributed by atoms with Crippen LogP contribution in [-0.2, 0) is 4.74 Å². The first kappa shape index (κ1) is 16.5. The number of ether oxygens (including phenoxy) is 1. The maximum Gasteiger partial charge on any atom is 0.338 e. The third-order valence-corrected chi connectivity index (χ3v) is 4.33. The van der Waals surface area contributed by atoms with Crippen molar-refractivity contribution in [1.82, 2.24) is 4.90 Å². The zero-order valence-electron chi connectivity index (χ0n) is 14.1. The Bertz CT molecular complexity index is 562. The van der Waals surface area contributed by atoms with Gasteiger partial charge in [-0.15, -0.1) is 0 Å². The summed E-state index contributed by atoms with van der Waals surface area (Å²) >= 11 is 0. The van der Waals surface area contributed by atoms with E-state index in [-0.39, 0.29) is 5.97 Å². The van der Waals surface area contributed by atoms with Crippen molar-refractivity contribution in [3.05, 3.63) is 28.8 Å². The van der Waals surface area contributed by atoms with E-state index in [1.165, 1.54) is 19.3 Å². The fourth-order valence-electron chi connectivity index (χ4n) is 2.33. The summed E-state index contributed by atoms with van der Waals surface area (Å²) in [7, 11) is 1.98. The first-order valence-electron chi connectivity index (χ1n) is 8.04. The number of aryl methyl sites for hydroxylation is 2. The monoisotopic (exact) mass is 302 g/mol. The number of esters is 1. The Morgan fingerprint density at radius 3 is 2.68 bits per heavy atom. The third-order valence-electron chi connectivity index (χ3n) is 4.33. The van der Waals surface area contributed by atoms with E-state index in [4.69, 9.17) is 4.74 Å². The highest BCUT2D eigenvalue weighted by Gasteiger charge is 2.20. The standard InChI is InChI=1S/C18H26N2O2/c1-5-20(4)12-19-17-10-13(2)16(9-14(17)3)18(21)22-11-15-7-6-8-15/h9-10,12,15H,5-8,11H2,1-4H3. The highest BCUT2D eigenvalue weighted by atomic mass is 16.5. The molecule has 0 aromatic heterocycles. The van der Waals surface area contributed by atoms with Crippen LogP contribution < -0.4 is 0 Å². The summed E-state index contributed by atoms with van der Waals surface area (Å²) in [5.74, 6) is 0.354. The van der Waals surface area contributed by atoms with Crippen molar-refractivity contribution in [3.8, 4) is 0 Å². The molecule has 4 nitrogen and oxygen atoms in total. The minimum Gasteiger partial charge on any atom is -0.462 e. The molecule has 0 unspecified atom stereocenters. The van der Waals surface area contributed by atoms with Crippen molar-refractivity contribution < 1.29 is 9.53 Å². The smallest absolute Gasteiger partial charge is 0.338 e. The fourth-order valence-corrected chi connectivity index (χ4v) is 2.33. The van der Waals surface area contributed by atoms with Gasteiger partial charge in [-0.2, -0.15) is 0 Å². The second kappa shape index (κ2) is 7.43. The molecule has 0 atom stereocenters. The second-order valence-electron chi connectivity index (χ2n) is 6.17. The Morgan fingerprint density at radius 1 is 1.36 bits per heavy atom. The van der Waals surface area contributed by atoms with Crippen molar-refractivity contribution >= 4 is 18.0 Å². The topological polar surface area (TPSA) is 41.9 Å². The molecule has 1 saturated carbocycles. The lowest BCUT2D eigenvalue weighted by Crippen LogP contribution is -2.20. The van der Waals surface area contributed by atoms with E-state index in [0.717, 1.165) is 23.4 Å². The van der Waals surface area contributed by atoms with Gasteiger partial charge in [-0.25, -0.2) is 9.79 Å². The summed E-state index contributed by atoms with van der Waals surface area (Å²) in [5, 5.41) is 0. The van der Waals surface area contributed by atoms with E-state index in [1.807, 2.05) is 44.3 Å². The molecule has 0 amide bonds. The van der Waals surface area contributed by atoms with Crippen LogP contribution in [0.5, 0.6) is 0 Å². The van der Waals surface area contributed by atoms with Gasteiger partial charge in [0.05, 0.1) is 24.2 Å². The molecule has 1 aliphatic carbocycles. The molecule has 0 heterocycles. The average Bonchev–Trinajstić information content (AvgIpc) is 2.45. The largest absolute Gasteiger partial charge is 0.462 e. The minimum atomic E-state index is -0.214. The number of hydrogen-bond donors (Lipinski definition) is 0. The number of carbonyl (C=O) groups excluding carboxylic acids is 1. The van der Waals surface area contributed by atoms with Crippen LogP contribution in [0.25, 0.3) is 0 Å². The van der Waals surface area contributed by atoms with Crippen LogP contribution in [0.15, 0.2) is 17.1 Å². The molecule has 1 aromatic carbocycles. The molecule has 0 N–H and O–H groups in total. The SMILES string of the molecule is CCN(C)C=Nc1cc(C)c(C(=O)OCC2CCC2)cc1C. The molecule has 120 valence electrons. The van der Waals surface area contributed by atoms with Gasteiger partial charge >= 0.3 is 5.97 Å². The van der Waals surface area contributed by atoms with Gasteiger partial charge in [0, 0.05) is 13.6 Å². The Morgan fingerprint density at radius 2 is 2.09 bits per heavy atom. The van der Waals surface area contributed by atoms with Gasteiger partial charge in [-0.05, 0) is 62.8 Å². The quantitative estimate of drug-likeness (QED) is 0.455. The van der Waals surface area contributed by atoms with Crippen molar-refractivity contribution in [3.63, 3.8) is 0 Å². The first-order valence-corrected chi connectivity index (χ1v) is 8.04. The van der Waals surface area contributed by atoms with Crippen molar-refractivity contribution in [2.24, 2.45) is 10.9 Å². The number of carbonyl (C=O) groups is 1. The zero-order chi connectivity index (χ0) is 16.1. The van der Waals surface area contributed by atoms with E-state index in [2.05, 4.69) is 11.9 Å². The van der Waals surface area contributed by atoms with Gasteiger partial charge in [0.2, 0.25) is 0 Å². The molecule has 0 radical (unpaired) electrons. The summed E-state index contributed by atoms with van der Waals surface area (Å²) in [4.78, 5) is 18.7. The second-order valence-corrected chi connectivity index (χ2v) is 6.17. The number of aliphatic imine (C=N–C) groups is 1. The Labute approximate surface area is 133 Å². The maximum atomic E-state index is 12.2. The first-order chi connectivity index (χ1) is 10.5. The van der Waals surface area contributed by atoms with Crippen LogP contribution in [0, 0.1) is 19.8 Å². The van der Waals surface area contributed by atoms with Crippen molar-refractivity contribution in [2.45, 2.75) is 40.0 Å². The molecular formula is C18H26N2O2. The van der Waals surface area contributed by atoms with E-state index in [0.29, 0.717) is 18.1 Å². The molecule has 0 bridgehead atoms. The van der Waals surface area contributed by atoms with Crippen LogP contribution in [0.3, 0.4) is 0 Å². The molecular weight excluding hydrogens is 276 g/mol. The molecule has 0 spiro atoms. The summed E-state index contributed by atoms with van der Waals surface area (Å²) < 4.78 is 5.44. The lowest BCUT2D eigenvalue weighted by molar-refractivity contribution is 0.0370. The van der Waals surface area contributed by atoms with Crippen LogP contribution in [0.4, 0.5) is 5.69 Å². The van der Waals surface area contributed by atoms with Gasteiger partial charge in [0.1, 0.15) is 0 Å². The molecule has 1 aromatic rings. The number of hydrogen-bond acceptors (Lipinski definition) is 3. The van der Waals surface area contributed by atoms with E-state index in [9.17, 15) is 4.79 Å². The Kier molecular flexibility index (Phi) is 5.58. The fraction of sp³-hybridized carbons (Fsp3) is 0.556. The van der Waals surface area contributed by atoms with Crippen LogP contribution >= 0.6 is 0 Å². The minimum absolute atomic E-state index is 0.214. The van der Waals surface area contributed by atoms with Gasteiger partial charge in [-0.1, -0.05) is 6.42 Å². The molecule has 4 heteroatoms. The van der Waals surface area contributed by atoms with Gasteiger partial charge in [0.15, 0.2) is 0 Å².